The molecule has 0 atom stereocenters. The maximum Gasteiger partial charge on any atom is 0.252 e. The molecule has 3 rings (SSSR count). The van der Waals surface area contributed by atoms with Crippen molar-refractivity contribution in [3.05, 3.63) is 59.4 Å². The number of nitrogens with zero attached hydrogens (tertiary/aromatic N) is 1. The Morgan fingerprint density at radius 3 is 2.91 bits per heavy atom. The normalized spacial score (nSPS) is 10.8. The van der Waals surface area contributed by atoms with Gasteiger partial charge in [-0.15, -0.1) is 0 Å². The van der Waals surface area contributed by atoms with Crippen LogP contribution < -0.4 is 11.1 Å². The molecule has 3 aromatic rings. The lowest BCUT2D eigenvalue weighted by Crippen LogP contribution is -2.15. The van der Waals surface area contributed by atoms with Crippen molar-refractivity contribution in [1.82, 2.24) is 9.97 Å². The van der Waals surface area contributed by atoms with Crippen LogP contribution in [0.2, 0.25) is 0 Å². The molecule has 112 valence electrons. The number of pyridine rings is 1. The summed E-state index contributed by atoms with van der Waals surface area (Å²) in [6, 6.07) is 5.65. The largest absolute Gasteiger partial charge is 0.380 e. The summed E-state index contributed by atoms with van der Waals surface area (Å²) in [4.78, 5) is 18.5. The molecule has 2 heterocycles. The lowest BCUT2D eigenvalue weighted by molar-refractivity contribution is 0.100. The maximum atomic E-state index is 13.7. The van der Waals surface area contributed by atoms with Crippen LogP contribution >= 0.6 is 0 Å². The summed E-state index contributed by atoms with van der Waals surface area (Å²) >= 11 is 0. The van der Waals surface area contributed by atoms with Crippen LogP contribution in [-0.2, 0) is 6.54 Å². The van der Waals surface area contributed by atoms with E-state index in [2.05, 4.69) is 15.3 Å². The topological polar surface area (TPSA) is 83.8 Å². The van der Waals surface area contributed by atoms with Gasteiger partial charge in [-0.25, -0.2) is 13.8 Å². The zero-order valence-electron chi connectivity index (χ0n) is 11.4. The summed E-state index contributed by atoms with van der Waals surface area (Å²) in [7, 11) is 0. The Morgan fingerprint density at radius 2 is 2.14 bits per heavy atom. The Bertz CT molecular complexity index is 860. The average Bonchev–Trinajstić information content (AvgIpc) is 2.97. The van der Waals surface area contributed by atoms with Crippen LogP contribution in [0.3, 0.4) is 0 Å². The van der Waals surface area contributed by atoms with Gasteiger partial charge in [0.25, 0.3) is 5.91 Å². The molecule has 0 fully saturated rings. The lowest BCUT2D eigenvalue weighted by atomic mass is 10.1. The second-order valence-electron chi connectivity index (χ2n) is 4.72. The monoisotopic (exact) mass is 302 g/mol. The number of aromatic nitrogens is 2. The first-order valence-corrected chi connectivity index (χ1v) is 6.50. The van der Waals surface area contributed by atoms with Gasteiger partial charge in [0.2, 0.25) is 0 Å². The van der Waals surface area contributed by atoms with Gasteiger partial charge in [-0.3, -0.25) is 4.79 Å². The van der Waals surface area contributed by atoms with Crippen molar-refractivity contribution in [2.24, 2.45) is 5.73 Å². The molecule has 0 aliphatic carbocycles. The molecule has 0 saturated carbocycles. The van der Waals surface area contributed by atoms with Crippen molar-refractivity contribution in [2.75, 3.05) is 5.32 Å². The number of anilines is 1. The zero-order valence-corrected chi connectivity index (χ0v) is 11.4. The third-order valence-electron chi connectivity index (χ3n) is 3.34. The first-order valence-electron chi connectivity index (χ1n) is 6.50. The number of primary amides is 1. The van der Waals surface area contributed by atoms with Gasteiger partial charge in [0.1, 0.15) is 5.65 Å². The van der Waals surface area contributed by atoms with E-state index in [0.717, 1.165) is 6.07 Å². The number of aromatic amines is 1. The molecule has 22 heavy (non-hydrogen) atoms. The molecule has 1 aromatic carbocycles. The summed E-state index contributed by atoms with van der Waals surface area (Å²) < 4.78 is 26.9. The number of halogens is 2. The number of nitrogens with two attached hydrogens (primary N) is 1. The van der Waals surface area contributed by atoms with E-state index in [1.807, 2.05) is 0 Å². The van der Waals surface area contributed by atoms with Crippen molar-refractivity contribution in [2.45, 2.75) is 6.54 Å². The summed E-state index contributed by atoms with van der Waals surface area (Å²) in [5.74, 6) is -2.50. The summed E-state index contributed by atoms with van der Waals surface area (Å²) in [6.07, 6.45) is 3.00. The molecular formula is C15H12F2N4O. The molecule has 0 saturated heterocycles. The van der Waals surface area contributed by atoms with Crippen LogP contribution in [0.15, 0.2) is 36.7 Å². The highest BCUT2D eigenvalue weighted by atomic mass is 19.2. The molecule has 0 radical (unpaired) electrons. The molecule has 0 unspecified atom stereocenters. The molecule has 2 aromatic heterocycles. The number of hydrogen-bond acceptors (Lipinski definition) is 3. The van der Waals surface area contributed by atoms with E-state index >= 15 is 0 Å². The fourth-order valence-corrected chi connectivity index (χ4v) is 2.25. The van der Waals surface area contributed by atoms with Gasteiger partial charge in [-0.05, 0) is 12.1 Å². The minimum atomic E-state index is -0.921. The average molecular weight is 302 g/mol. The number of amides is 1. The molecule has 0 spiro atoms. The minimum Gasteiger partial charge on any atom is -0.380 e. The van der Waals surface area contributed by atoms with E-state index in [4.69, 9.17) is 5.73 Å². The van der Waals surface area contributed by atoms with Crippen LogP contribution in [0.25, 0.3) is 11.0 Å². The van der Waals surface area contributed by atoms with Gasteiger partial charge in [0.05, 0.1) is 11.3 Å². The summed E-state index contributed by atoms with van der Waals surface area (Å²) in [6.45, 7) is 0.00810. The lowest BCUT2D eigenvalue weighted by Gasteiger charge is -2.12. The molecule has 7 heteroatoms. The number of nitrogens with one attached hydrogen (secondary N) is 2. The van der Waals surface area contributed by atoms with Gasteiger partial charge in [-0.1, -0.05) is 12.1 Å². The van der Waals surface area contributed by atoms with Crippen molar-refractivity contribution in [3.63, 3.8) is 0 Å². The highest BCUT2D eigenvalue weighted by molar-refractivity contribution is 6.05. The van der Waals surface area contributed by atoms with E-state index in [0.29, 0.717) is 16.7 Å². The highest BCUT2D eigenvalue weighted by Crippen LogP contribution is 2.26. The quantitative estimate of drug-likeness (QED) is 0.692. The highest BCUT2D eigenvalue weighted by Gasteiger charge is 2.15. The number of H-pyrrole nitrogens is 1. The number of hydrogen-bond donors (Lipinski definition) is 3. The van der Waals surface area contributed by atoms with Crippen LogP contribution in [0.5, 0.6) is 0 Å². The number of fused-ring (bicyclic) bond motifs is 1. The Hall–Kier alpha value is -2.96. The minimum absolute atomic E-state index is 0.00810. The molecule has 1 amide bonds. The second kappa shape index (κ2) is 5.44. The number of benzene rings is 1. The fraction of sp³-hybridized carbons (Fsp3) is 0.0667. The Kier molecular flexibility index (Phi) is 3.46. The number of rotatable bonds is 4. The van der Waals surface area contributed by atoms with Crippen molar-refractivity contribution in [3.8, 4) is 0 Å². The van der Waals surface area contributed by atoms with Crippen LogP contribution in [0, 0.1) is 11.6 Å². The van der Waals surface area contributed by atoms with Gasteiger partial charge in [0, 0.05) is 29.9 Å². The Labute approximate surface area is 124 Å². The smallest absolute Gasteiger partial charge is 0.252 e. The maximum absolute atomic E-state index is 13.7. The standard InChI is InChI=1S/C15H12F2N4O/c16-11-3-1-2-8(12(11)17)6-20-13-9-4-5-19-15(9)21-7-10(13)14(18)22/h1-5,7H,6H2,(H2,18,22)(H2,19,20,21). The Morgan fingerprint density at radius 1 is 1.32 bits per heavy atom. The molecule has 4 N–H and O–H groups in total. The third kappa shape index (κ3) is 2.37. The van der Waals surface area contributed by atoms with Crippen LogP contribution in [-0.4, -0.2) is 15.9 Å². The van der Waals surface area contributed by atoms with Gasteiger partial charge in [0.15, 0.2) is 11.6 Å². The number of carbonyl (C=O) groups excluding carboxylic acids is 1. The second-order valence-corrected chi connectivity index (χ2v) is 4.72. The predicted octanol–water partition coefficient (Wildman–Crippen LogP) is 2.55. The molecular weight excluding hydrogens is 290 g/mol. The van der Waals surface area contributed by atoms with E-state index in [9.17, 15) is 13.6 Å². The number of carbonyl (C=O) groups is 1. The predicted molar refractivity (Wildman–Crippen MR) is 78.3 cm³/mol. The first-order chi connectivity index (χ1) is 10.6. The van der Waals surface area contributed by atoms with Crippen LogP contribution in [0.4, 0.5) is 14.5 Å². The van der Waals surface area contributed by atoms with Gasteiger partial charge in [-0.2, -0.15) is 0 Å². The summed E-state index contributed by atoms with van der Waals surface area (Å²) in [5.41, 5.74) is 6.66. The first kappa shape index (κ1) is 14.0. The van der Waals surface area contributed by atoms with E-state index < -0.39 is 17.5 Å². The van der Waals surface area contributed by atoms with E-state index in [1.54, 1.807) is 12.3 Å². The van der Waals surface area contributed by atoms with Gasteiger partial charge >= 0.3 is 0 Å². The SMILES string of the molecule is NC(=O)c1cnc2[nH]ccc2c1NCc1cccc(F)c1F. The van der Waals surface area contributed by atoms with Crippen molar-refractivity contribution in [1.29, 1.82) is 0 Å². The molecule has 0 bridgehead atoms. The van der Waals surface area contributed by atoms with Crippen molar-refractivity contribution >= 4 is 22.6 Å². The van der Waals surface area contributed by atoms with Crippen LogP contribution in [0.1, 0.15) is 15.9 Å². The summed E-state index contributed by atoms with van der Waals surface area (Å²) in [5, 5.41) is 3.59. The zero-order chi connectivity index (χ0) is 15.7. The Balaban J connectivity index is 1.99. The van der Waals surface area contributed by atoms with E-state index in [-0.39, 0.29) is 17.7 Å². The molecule has 5 nitrogen and oxygen atoms in total. The third-order valence-corrected chi connectivity index (χ3v) is 3.34. The van der Waals surface area contributed by atoms with E-state index in [1.165, 1.54) is 18.3 Å². The fourth-order valence-electron chi connectivity index (χ4n) is 2.25. The van der Waals surface area contributed by atoms with Gasteiger partial charge < -0.3 is 16.0 Å². The molecule has 0 aliphatic heterocycles. The molecule has 0 aliphatic rings. The van der Waals surface area contributed by atoms with Crippen molar-refractivity contribution < 1.29 is 13.6 Å².